The van der Waals surface area contributed by atoms with Gasteiger partial charge in [0.15, 0.2) is 0 Å². The molecule has 0 saturated heterocycles. The molecule has 0 unspecified atom stereocenters. The predicted molar refractivity (Wildman–Crippen MR) is 61.4 cm³/mol. The third-order valence-corrected chi connectivity index (χ3v) is 2.28. The van der Waals surface area contributed by atoms with E-state index in [2.05, 4.69) is 9.97 Å². The number of carboxylic acid groups (broad SMARTS) is 2. The predicted octanol–water partition coefficient (Wildman–Crippen LogP) is 1.54. The lowest BCUT2D eigenvalue weighted by Gasteiger charge is -2.04. The normalized spacial score (nSPS) is 10.0. The molecule has 0 amide bonds. The van der Waals surface area contributed by atoms with Crippen molar-refractivity contribution in [3.63, 3.8) is 0 Å². The third-order valence-electron chi connectivity index (χ3n) is 2.28. The van der Waals surface area contributed by atoms with Crippen LogP contribution in [0.15, 0.2) is 36.7 Å². The van der Waals surface area contributed by atoms with Crippen LogP contribution in [0.3, 0.4) is 0 Å². The number of carboxylic acids is 2. The summed E-state index contributed by atoms with van der Waals surface area (Å²) in [6, 6.07) is 5.97. The average molecular weight is 244 g/mol. The van der Waals surface area contributed by atoms with Gasteiger partial charge in [-0.15, -0.1) is 0 Å². The molecule has 0 aliphatic heterocycles. The second-order valence-electron chi connectivity index (χ2n) is 3.47. The Kier molecular flexibility index (Phi) is 3.01. The van der Waals surface area contributed by atoms with Gasteiger partial charge >= 0.3 is 11.9 Å². The maximum absolute atomic E-state index is 10.9. The van der Waals surface area contributed by atoms with Crippen LogP contribution in [0.25, 0.3) is 11.1 Å². The number of hydrogen-bond donors (Lipinski definition) is 2. The minimum atomic E-state index is -1.27. The van der Waals surface area contributed by atoms with Crippen molar-refractivity contribution in [2.24, 2.45) is 0 Å². The van der Waals surface area contributed by atoms with E-state index in [1.807, 2.05) is 0 Å². The molecule has 0 bridgehead atoms. The largest absolute Gasteiger partial charge is 0.477 e. The van der Waals surface area contributed by atoms with Crippen LogP contribution in [0.1, 0.15) is 21.0 Å². The van der Waals surface area contributed by atoms with Gasteiger partial charge in [-0.2, -0.15) is 0 Å². The molecule has 0 aliphatic carbocycles. The lowest BCUT2D eigenvalue weighted by molar-refractivity contribution is 0.0685. The number of nitrogens with zero attached hydrogens (tertiary/aromatic N) is 2. The summed E-state index contributed by atoms with van der Waals surface area (Å²) in [5, 5.41) is 17.8. The molecule has 0 spiro atoms. The van der Waals surface area contributed by atoms with Crippen LogP contribution < -0.4 is 0 Å². The van der Waals surface area contributed by atoms with Gasteiger partial charge in [-0.3, -0.25) is 4.98 Å². The summed E-state index contributed by atoms with van der Waals surface area (Å²) in [4.78, 5) is 29.2. The summed E-state index contributed by atoms with van der Waals surface area (Å²) < 4.78 is 0. The summed E-state index contributed by atoms with van der Waals surface area (Å²) in [6.45, 7) is 0. The highest BCUT2D eigenvalue weighted by Gasteiger charge is 2.13. The maximum Gasteiger partial charge on any atom is 0.354 e. The highest BCUT2D eigenvalue weighted by atomic mass is 16.4. The van der Waals surface area contributed by atoms with Crippen molar-refractivity contribution >= 4 is 11.9 Å². The van der Waals surface area contributed by atoms with Crippen LogP contribution in [0.4, 0.5) is 0 Å². The van der Waals surface area contributed by atoms with Gasteiger partial charge in [0.2, 0.25) is 0 Å². The Morgan fingerprint density at radius 3 is 1.83 bits per heavy atom. The van der Waals surface area contributed by atoms with Crippen LogP contribution in [0.2, 0.25) is 0 Å². The SMILES string of the molecule is O=C(O)c1cc(-c2ccncc2)cc(C(=O)O)n1. The second-order valence-corrected chi connectivity index (χ2v) is 3.47. The van der Waals surface area contributed by atoms with Crippen LogP contribution >= 0.6 is 0 Å². The van der Waals surface area contributed by atoms with Gasteiger partial charge in [-0.05, 0) is 35.4 Å². The van der Waals surface area contributed by atoms with Crippen molar-refractivity contribution in [1.82, 2.24) is 9.97 Å². The monoisotopic (exact) mass is 244 g/mol. The fraction of sp³-hybridized carbons (Fsp3) is 0. The zero-order chi connectivity index (χ0) is 13.1. The van der Waals surface area contributed by atoms with Gasteiger partial charge < -0.3 is 10.2 Å². The third kappa shape index (κ3) is 2.32. The summed E-state index contributed by atoms with van der Waals surface area (Å²) in [7, 11) is 0. The molecule has 0 saturated carbocycles. The Balaban J connectivity index is 2.61. The standard InChI is InChI=1S/C12H8N2O4/c15-11(16)9-5-8(6-10(14-9)12(17)18)7-1-3-13-4-2-7/h1-6H,(H,15,16)(H,17,18). The molecular weight excluding hydrogens is 236 g/mol. The van der Waals surface area contributed by atoms with Crippen molar-refractivity contribution in [3.8, 4) is 11.1 Å². The molecule has 6 heteroatoms. The number of aromatic nitrogens is 2. The lowest BCUT2D eigenvalue weighted by Crippen LogP contribution is -2.07. The van der Waals surface area contributed by atoms with Crippen molar-refractivity contribution in [1.29, 1.82) is 0 Å². The Morgan fingerprint density at radius 2 is 1.39 bits per heavy atom. The molecule has 2 aromatic heterocycles. The quantitative estimate of drug-likeness (QED) is 0.849. The highest BCUT2D eigenvalue weighted by molar-refractivity contribution is 5.92. The van der Waals surface area contributed by atoms with Gasteiger partial charge in [0.1, 0.15) is 11.4 Å². The zero-order valence-electron chi connectivity index (χ0n) is 9.07. The van der Waals surface area contributed by atoms with Gasteiger partial charge in [0.25, 0.3) is 0 Å². The minimum Gasteiger partial charge on any atom is -0.477 e. The number of aromatic carboxylic acids is 2. The molecule has 0 aromatic carbocycles. The van der Waals surface area contributed by atoms with E-state index in [4.69, 9.17) is 10.2 Å². The molecule has 0 atom stereocenters. The smallest absolute Gasteiger partial charge is 0.354 e. The molecule has 6 nitrogen and oxygen atoms in total. The number of carbonyl (C=O) groups is 2. The van der Waals surface area contributed by atoms with Crippen LogP contribution in [-0.4, -0.2) is 32.1 Å². The topological polar surface area (TPSA) is 100 Å². The Hall–Kier alpha value is -2.76. The Bertz CT molecular complexity index is 578. The maximum atomic E-state index is 10.9. The van der Waals surface area contributed by atoms with E-state index in [1.165, 1.54) is 24.5 Å². The molecule has 2 N–H and O–H groups in total. The molecule has 2 aromatic rings. The molecular formula is C12H8N2O4. The minimum absolute atomic E-state index is 0.304. The summed E-state index contributed by atoms with van der Waals surface area (Å²) in [6.07, 6.45) is 3.08. The van der Waals surface area contributed by atoms with E-state index in [-0.39, 0.29) is 11.4 Å². The first kappa shape index (κ1) is 11.7. The average Bonchev–Trinajstić information content (AvgIpc) is 2.39. The first-order valence-electron chi connectivity index (χ1n) is 4.97. The lowest BCUT2D eigenvalue weighted by atomic mass is 10.1. The van der Waals surface area contributed by atoms with Crippen molar-refractivity contribution < 1.29 is 19.8 Å². The molecule has 2 heterocycles. The van der Waals surface area contributed by atoms with E-state index >= 15 is 0 Å². The molecule has 0 radical (unpaired) electrons. The Morgan fingerprint density at radius 1 is 0.889 bits per heavy atom. The van der Waals surface area contributed by atoms with E-state index in [1.54, 1.807) is 12.1 Å². The Labute approximate surface area is 102 Å². The van der Waals surface area contributed by atoms with Gasteiger partial charge in [0, 0.05) is 12.4 Å². The molecule has 0 aliphatic rings. The first-order chi connectivity index (χ1) is 8.58. The molecule has 0 fully saturated rings. The van der Waals surface area contributed by atoms with E-state index in [9.17, 15) is 9.59 Å². The molecule has 90 valence electrons. The van der Waals surface area contributed by atoms with Crippen LogP contribution in [0, 0.1) is 0 Å². The highest BCUT2D eigenvalue weighted by Crippen LogP contribution is 2.20. The van der Waals surface area contributed by atoms with Crippen molar-refractivity contribution in [3.05, 3.63) is 48.0 Å². The number of pyridine rings is 2. The molecule has 2 rings (SSSR count). The summed E-state index contributed by atoms with van der Waals surface area (Å²) >= 11 is 0. The van der Waals surface area contributed by atoms with E-state index < -0.39 is 11.9 Å². The van der Waals surface area contributed by atoms with E-state index in [0.717, 1.165) is 0 Å². The fourth-order valence-corrected chi connectivity index (χ4v) is 1.46. The number of hydrogen-bond acceptors (Lipinski definition) is 4. The second kappa shape index (κ2) is 4.62. The van der Waals surface area contributed by atoms with Gasteiger partial charge in [-0.1, -0.05) is 0 Å². The van der Waals surface area contributed by atoms with Crippen molar-refractivity contribution in [2.45, 2.75) is 0 Å². The van der Waals surface area contributed by atoms with Crippen molar-refractivity contribution in [2.75, 3.05) is 0 Å². The van der Waals surface area contributed by atoms with E-state index in [0.29, 0.717) is 11.1 Å². The van der Waals surface area contributed by atoms with Gasteiger partial charge in [-0.25, -0.2) is 14.6 Å². The fourth-order valence-electron chi connectivity index (χ4n) is 1.46. The van der Waals surface area contributed by atoms with Gasteiger partial charge in [0.05, 0.1) is 0 Å². The molecule has 18 heavy (non-hydrogen) atoms. The summed E-state index contributed by atoms with van der Waals surface area (Å²) in [5.74, 6) is -2.54. The summed E-state index contributed by atoms with van der Waals surface area (Å²) in [5.41, 5.74) is 0.544. The van der Waals surface area contributed by atoms with Crippen LogP contribution in [0.5, 0.6) is 0 Å². The first-order valence-corrected chi connectivity index (χ1v) is 4.97. The van der Waals surface area contributed by atoms with Crippen LogP contribution in [-0.2, 0) is 0 Å². The number of rotatable bonds is 3. The zero-order valence-corrected chi connectivity index (χ0v) is 9.07.